The molecule has 0 aliphatic rings. The van der Waals surface area contributed by atoms with Gasteiger partial charge in [-0.3, -0.25) is 0 Å². The van der Waals surface area contributed by atoms with E-state index in [1.165, 1.54) is 18.5 Å². The monoisotopic (exact) mass is 246 g/mol. The molecule has 0 fully saturated rings. The van der Waals surface area contributed by atoms with Crippen LogP contribution in [-0.2, 0) is 0 Å². The van der Waals surface area contributed by atoms with E-state index in [9.17, 15) is 0 Å². The summed E-state index contributed by atoms with van der Waals surface area (Å²) in [5.41, 5.74) is 0. The van der Waals surface area contributed by atoms with Gasteiger partial charge in [0, 0.05) is 0 Å². The van der Waals surface area contributed by atoms with E-state index in [1.54, 1.807) is 0 Å². The minimum absolute atomic E-state index is 0.610. The van der Waals surface area contributed by atoms with E-state index in [1.807, 2.05) is 0 Å². The highest BCUT2D eigenvalue weighted by molar-refractivity contribution is 6.56. The quantitative estimate of drug-likeness (QED) is 0.641. The normalized spacial score (nSPS) is 16.0. The molecule has 92 valence electrons. The van der Waals surface area contributed by atoms with Gasteiger partial charge in [0.1, 0.15) is 17.9 Å². The second-order valence-corrected chi connectivity index (χ2v) is 10.8. The van der Waals surface area contributed by atoms with E-state index in [2.05, 4.69) is 50.8 Å². The van der Waals surface area contributed by atoms with Crippen molar-refractivity contribution in [2.75, 3.05) is 0 Å². The third-order valence-electron chi connectivity index (χ3n) is 2.51. The first-order valence-corrected chi connectivity index (χ1v) is 11.5. The molecule has 0 radical (unpaired) electrons. The van der Waals surface area contributed by atoms with Crippen LogP contribution in [0, 0.1) is 0 Å². The van der Waals surface area contributed by atoms with Crippen molar-refractivity contribution in [2.45, 2.75) is 71.4 Å². The van der Waals surface area contributed by atoms with Crippen LogP contribution < -0.4 is 9.96 Å². The van der Waals surface area contributed by atoms with Gasteiger partial charge in [0.15, 0.2) is 0 Å². The van der Waals surface area contributed by atoms with Crippen molar-refractivity contribution in [3.63, 3.8) is 0 Å². The van der Waals surface area contributed by atoms with Crippen molar-refractivity contribution in [1.29, 1.82) is 0 Å². The van der Waals surface area contributed by atoms with Crippen LogP contribution in [0.15, 0.2) is 0 Å². The Hall–Kier alpha value is 0.354. The lowest BCUT2D eigenvalue weighted by Crippen LogP contribution is -2.38. The summed E-state index contributed by atoms with van der Waals surface area (Å²) in [5.74, 6) is 0. The molecule has 2 unspecified atom stereocenters. The lowest BCUT2D eigenvalue weighted by molar-refractivity contribution is 0.730. The van der Waals surface area contributed by atoms with Crippen molar-refractivity contribution in [2.24, 2.45) is 0 Å². The highest BCUT2D eigenvalue weighted by Gasteiger charge is 2.08. The van der Waals surface area contributed by atoms with E-state index >= 15 is 0 Å². The molecule has 0 aromatic carbocycles. The number of hydrogen-bond donors (Lipinski definition) is 2. The fourth-order valence-electron chi connectivity index (χ4n) is 2.03. The number of hydrogen-bond acceptors (Lipinski definition) is 2. The van der Waals surface area contributed by atoms with Crippen LogP contribution in [0.5, 0.6) is 0 Å². The second-order valence-electron chi connectivity index (χ2n) is 5.38. The van der Waals surface area contributed by atoms with Crippen molar-refractivity contribution in [1.82, 2.24) is 9.96 Å². The molecule has 2 N–H and O–H groups in total. The van der Waals surface area contributed by atoms with E-state index in [-0.39, 0.29) is 0 Å². The first-order valence-electron chi connectivity index (χ1n) is 6.44. The zero-order valence-electron chi connectivity index (χ0n) is 11.4. The van der Waals surface area contributed by atoms with Gasteiger partial charge in [-0.1, -0.05) is 47.2 Å². The fourth-order valence-corrected chi connectivity index (χ4v) is 6.81. The average molecular weight is 247 g/mol. The predicted molar refractivity (Wildman–Crippen MR) is 76.8 cm³/mol. The SMILES string of the molecule is CC(C)N[SiH](C)CCC[SiH](C)NC(C)C. The van der Waals surface area contributed by atoms with Crippen LogP contribution in [0.3, 0.4) is 0 Å². The molecule has 0 aliphatic carbocycles. The molecule has 0 amide bonds. The Morgan fingerprint density at radius 2 is 1.13 bits per heavy atom. The van der Waals surface area contributed by atoms with Crippen LogP contribution in [0.1, 0.15) is 34.1 Å². The van der Waals surface area contributed by atoms with Gasteiger partial charge in [-0.15, -0.1) is 0 Å². The Bertz CT molecular complexity index is 136. The Morgan fingerprint density at radius 1 is 0.800 bits per heavy atom. The summed E-state index contributed by atoms with van der Waals surface area (Å²) in [6, 6.07) is 4.26. The highest BCUT2D eigenvalue weighted by atomic mass is 28.3. The van der Waals surface area contributed by atoms with Crippen molar-refractivity contribution in [3.05, 3.63) is 0 Å². The molecule has 0 bridgehead atoms. The summed E-state index contributed by atoms with van der Waals surface area (Å²) in [6.45, 7) is 13.9. The van der Waals surface area contributed by atoms with Gasteiger partial charge in [-0.2, -0.15) is 0 Å². The Labute approximate surface area is 99.6 Å². The smallest absolute Gasteiger partial charge is 0.105 e. The first-order chi connectivity index (χ1) is 6.91. The predicted octanol–water partition coefficient (Wildman–Crippen LogP) is 2.08. The van der Waals surface area contributed by atoms with Crippen LogP contribution in [0.4, 0.5) is 0 Å². The fraction of sp³-hybridized carbons (Fsp3) is 1.00. The largest absolute Gasteiger partial charge is 0.337 e. The first kappa shape index (κ1) is 15.4. The standard InChI is InChI=1S/C11H30N2Si2/c1-10(2)12-14(5)8-7-9-15(6)13-11(3)4/h10-15H,7-9H2,1-6H3. The van der Waals surface area contributed by atoms with Crippen molar-refractivity contribution >= 4 is 17.9 Å². The van der Waals surface area contributed by atoms with Gasteiger partial charge in [0.2, 0.25) is 0 Å². The highest BCUT2D eigenvalue weighted by Crippen LogP contribution is 2.04. The van der Waals surface area contributed by atoms with Gasteiger partial charge in [-0.25, -0.2) is 0 Å². The molecule has 2 atom stereocenters. The molecule has 0 aromatic heterocycles. The summed E-state index contributed by atoms with van der Waals surface area (Å²) in [7, 11) is -1.22. The lowest BCUT2D eigenvalue weighted by atomic mass is 10.4. The summed E-state index contributed by atoms with van der Waals surface area (Å²) in [4.78, 5) is 7.38. The molecule has 0 saturated heterocycles. The van der Waals surface area contributed by atoms with Crippen LogP contribution in [-0.4, -0.2) is 30.0 Å². The van der Waals surface area contributed by atoms with Gasteiger partial charge in [0.05, 0.1) is 0 Å². The summed E-state index contributed by atoms with van der Waals surface area (Å²) in [5, 5.41) is 0. The van der Waals surface area contributed by atoms with Crippen LogP contribution in [0.25, 0.3) is 0 Å². The summed E-state index contributed by atoms with van der Waals surface area (Å²) >= 11 is 0. The van der Waals surface area contributed by atoms with Gasteiger partial charge in [-0.05, 0) is 24.2 Å². The maximum atomic E-state index is 3.69. The number of nitrogens with one attached hydrogen (secondary N) is 2. The molecular formula is C11H30N2Si2. The minimum atomic E-state index is -0.610. The van der Waals surface area contributed by atoms with Gasteiger partial charge in [0.25, 0.3) is 0 Å². The van der Waals surface area contributed by atoms with Crippen LogP contribution >= 0.6 is 0 Å². The van der Waals surface area contributed by atoms with E-state index in [4.69, 9.17) is 0 Å². The van der Waals surface area contributed by atoms with E-state index < -0.39 is 17.9 Å². The lowest BCUT2D eigenvalue weighted by Gasteiger charge is -2.18. The average Bonchev–Trinajstić information content (AvgIpc) is 2.00. The van der Waals surface area contributed by atoms with Gasteiger partial charge >= 0.3 is 0 Å². The molecule has 0 aromatic rings. The molecule has 0 saturated carbocycles. The van der Waals surface area contributed by atoms with Crippen molar-refractivity contribution < 1.29 is 0 Å². The van der Waals surface area contributed by atoms with Crippen LogP contribution in [0.2, 0.25) is 25.2 Å². The second kappa shape index (κ2) is 8.50. The van der Waals surface area contributed by atoms with E-state index in [0.29, 0.717) is 12.1 Å². The maximum Gasteiger partial charge on any atom is 0.105 e. The van der Waals surface area contributed by atoms with E-state index in [0.717, 1.165) is 0 Å². The molecule has 0 heterocycles. The molecule has 0 rings (SSSR count). The third kappa shape index (κ3) is 10.6. The molecule has 2 nitrogen and oxygen atoms in total. The summed E-state index contributed by atoms with van der Waals surface area (Å²) < 4.78 is 0. The van der Waals surface area contributed by atoms with Crippen molar-refractivity contribution in [3.8, 4) is 0 Å². The molecular weight excluding hydrogens is 216 g/mol. The number of rotatable bonds is 8. The topological polar surface area (TPSA) is 24.1 Å². The molecule has 4 heteroatoms. The minimum Gasteiger partial charge on any atom is -0.337 e. The molecule has 0 aliphatic heterocycles. The summed E-state index contributed by atoms with van der Waals surface area (Å²) in [6.07, 6.45) is 1.43. The third-order valence-corrected chi connectivity index (χ3v) is 7.53. The zero-order chi connectivity index (χ0) is 11.8. The maximum absolute atomic E-state index is 3.69. The Morgan fingerprint density at radius 3 is 1.40 bits per heavy atom. The Balaban J connectivity index is 3.44. The molecule has 15 heavy (non-hydrogen) atoms. The van der Waals surface area contributed by atoms with Gasteiger partial charge < -0.3 is 9.96 Å². The Kier molecular flexibility index (Phi) is 8.70. The zero-order valence-corrected chi connectivity index (χ0v) is 13.7. The molecule has 0 spiro atoms.